The van der Waals surface area contributed by atoms with E-state index in [4.69, 9.17) is 4.74 Å². The van der Waals surface area contributed by atoms with E-state index < -0.39 is 0 Å². The van der Waals surface area contributed by atoms with E-state index in [1.807, 2.05) is 24.3 Å². The van der Waals surface area contributed by atoms with Gasteiger partial charge >= 0.3 is 0 Å². The van der Waals surface area contributed by atoms with Gasteiger partial charge in [0, 0.05) is 6.42 Å². The highest BCUT2D eigenvalue weighted by molar-refractivity contribution is 5.82. The van der Waals surface area contributed by atoms with Crippen LogP contribution in [-0.2, 0) is 4.79 Å². The summed E-state index contributed by atoms with van der Waals surface area (Å²) in [4.78, 5) is 11.9. The Labute approximate surface area is 184 Å². The maximum absolute atomic E-state index is 11.9. The fraction of sp³-hybridized carbons (Fsp3) is 0.615. The number of amides is 1. The van der Waals surface area contributed by atoms with Crippen molar-refractivity contribution in [1.29, 1.82) is 0 Å². The van der Waals surface area contributed by atoms with Crippen LogP contribution in [0.25, 0.3) is 0 Å². The van der Waals surface area contributed by atoms with E-state index >= 15 is 0 Å². The highest BCUT2D eigenvalue weighted by Crippen LogP contribution is 2.13. The van der Waals surface area contributed by atoms with Crippen molar-refractivity contribution in [1.82, 2.24) is 5.43 Å². The number of nitrogens with zero attached hydrogens (tertiary/aromatic N) is 1. The number of nitrogens with one attached hydrogen (secondary N) is 1. The first-order chi connectivity index (χ1) is 14.8. The highest BCUT2D eigenvalue weighted by Gasteiger charge is 2.00. The third kappa shape index (κ3) is 14.8. The van der Waals surface area contributed by atoms with Gasteiger partial charge in [-0.3, -0.25) is 4.79 Å². The number of unbranched alkanes of at least 4 members (excludes halogenated alkanes) is 12. The normalized spacial score (nSPS) is 11.0. The van der Waals surface area contributed by atoms with Crippen molar-refractivity contribution in [3.63, 3.8) is 0 Å². The maximum Gasteiger partial charge on any atom is 0.240 e. The van der Waals surface area contributed by atoms with E-state index in [1.165, 1.54) is 70.6 Å². The number of carbonyl (C=O) groups excluding carboxylic acids is 1. The van der Waals surface area contributed by atoms with Gasteiger partial charge in [-0.1, -0.05) is 96.6 Å². The number of benzene rings is 1. The van der Waals surface area contributed by atoms with Crippen molar-refractivity contribution in [2.45, 2.75) is 96.8 Å². The zero-order chi connectivity index (χ0) is 21.7. The topological polar surface area (TPSA) is 50.7 Å². The molecule has 0 aliphatic carbocycles. The molecule has 1 rings (SSSR count). The lowest BCUT2D eigenvalue weighted by atomic mass is 10.0. The van der Waals surface area contributed by atoms with Crippen molar-refractivity contribution < 1.29 is 9.53 Å². The van der Waals surface area contributed by atoms with Crippen LogP contribution in [-0.4, -0.2) is 18.7 Å². The Bertz CT molecular complexity index is 581. The highest BCUT2D eigenvalue weighted by atomic mass is 16.5. The van der Waals surface area contributed by atoms with Gasteiger partial charge in [0.25, 0.3) is 0 Å². The molecule has 1 aromatic carbocycles. The molecule has 0 atom stereocenters. The minimum Gasteiger partial charge on any atom is -0.490 e. The smallest absolute Gasteiger partial charge is 0.240 e. The Morgan fingerprint density at radius 1 is 0.900 bits per heavy atom. The van der Waals surface area contributed by atoms with Gasteiger partial charge in [-0.25, -0.2) is 5.43 Å². The molecule has 0 spiro atoms. The fourth-order valence-corrected chi connectivity index (χ4v) is 3.34. The second-order valence-electron chi connectivity index (χ2n) is 7.95. The van der Waals surface area contributed by atoms with Crippen LogP contribution in [0.15, 0.2) is 42.0 Å². The molecule has 0 bridgehead atoms. The molecule has 4 heteroatoms. The third-order valence-electron chi connectivity index (χ3n) is 5.16. The molecule has 0 aliphatic heterocycles. The van der Waals surface area contributed by atoms with Crippen LogP contribution in [0.5, 0.6) is 5.75 Å². The Kier molecular flexibility index (Phi) is 16.3. The van der Waals surface area contributed by atoms with Crippen LogP contribution in [0.1, 0.15) is 102 Å². The van der Waals surface area contributed by atoms with Gasteiger partial charge in [-0.15, -0.1) is 0 Å². The quantitative estimate of drug-likeness (QED) is 0.113. The predicted molar refractivity (Wildman–Crippen MR) is 128 cm³/mol. The summed E-state index contributed by atoms with van der Waals surface area (Å²) in [7, 11) is 0. The summed E-state index contributed by atoms with van der Waals surface area (Å²) in [5, 5.41) is 4.03. The zero-order valence-electron chi connectivity index (χ0n) is 19.0. The summed E-state index contributed by atoms with van der Waals surface area (Å²) in [6, 6.07) is 7.56. The predicted octanol–water partition coefficient (Wildman–Crippen LogP) is 7.18. The lowest BCUT2D eigenvalue weighted by Gasteiger charge is -2.03. The first kappa shape index (κ1) is 25.9. The lowest BCUT2D eigenvalue weighted by molar-refractivity contribution is -0.121. The summed E-state index contributed by atoms with van der Waals surface area (Å²) in [6.45, 7) is 6.38. The second-order valence-corrected chi connectivity index (χ2v) is 7.95. The SMILES string of the molecule is C=CCOc1ccc(/C=N/NC(=O)CCCCCCCCCCCCCCC)cc1. The minimum atomic E-state index is -0.0136. The van der Waals surface area contributed by atoms with Gasteiger partial charge in [0.1, 0.15) is 12.4 Å². The van der Waals surface area contributed by atoms with Crippen LogP contribution in [0.2, 0.25) is 0 Å². The fourth-order valence-electron chi connectivity index (χ4n) is 3.34. The minimum absolute atomic E-state index is 0.0136. The number of ether oxygens (including phenoxy) is 1. The van der Waals surface area contributed by atoms with Gasteiger partial charge in [0.2, 0.25) is 5.91 Å². The first-order valence-electron chi connectivity index (χ1n) is 11.9. The molecule has 0 unspecified atom stereocenters. The number of carbonyl (C=O) groups is 1. The van der Waals surface area contributed by atoms with E-state index in [0.717, 1.165) is 24.2 Å². The van der Waals surface area contributed by atoms with Crippen LogP contribution in [0.4, 0.5) is 0 Å². The average molecular weight is 415 g/mol. The van der Waals surface area contributed by atoms with Crippen molar-refractivity contribution in [3.05, 3.63) is 42.5 Å². The Morgan fingerprint density at radius 3 is 1.97 bits per heavy atom. The van der Waals surface area contributed by atoms with E-state index in [-0.39, 0.29) is 5.91 Å². The maximum atomic E-state index is 11.9. The lowest BCUT2D eigenvalue weighted by Crippen LogP contribution is -2.16. The molecule has 0 saturated carbocycles. The molecule has 1 aromatic rings. The van der Waals surface area contributed by atoms with Crippen LogP contribution in [0.3, 0.4) is 0 Å². The molecular weight excluding hydrogens is 372 g/mol. The number of hydrogen-bond acceptors (Lipinski definition) is 3. The summed E-state index contributed by atoms with van der Waals surface area (Å²) in [5.74, 6) is 0.777. The van der Waals surface area contributed by atoms with Crippen LogP contribution >= 0.6 is 0 Å². The molecule has 4 nitrogen and oxygen atoms in total. The summed E-state index contributed by atoms with van der Waals surface area (Å²) < 4.78 is 5.43. The average Bonchev–Trinajstić information content (AvgIpc) is 2.76. The van der Waals surface area contributed by atoms with Crippen molar-refractivity contribution in [3.8, 4) is 5.75 Å². The molecule has 0 aromatic heterocycles. The van der Waals surface area contributed by atoms with Gasteiger partial charge in [-0.05, 0) is 36.2 Å². The summed E-state index contributed by atoms with van der Waals surface area (Å²) in [5.41, 5.74) is 3.53. The van der Waals surface area contributed by atoms with Crippen LogP contribution in [0, 0.1) is 0 Å². The molecule has 0 aliphatic rings. The Balaban J connectivity index is 1.94. The Morgan fingerprint density at radius 2 is 1.43 bits per heavy atom. The molecule has 30 heavy (non-hydrogen) atoms. The van der Waals surface area contributed by atoms with Crippen molar-refractivity contribution in [2.75, 3.05) is 6.61 Å². The molecule has 0 heterocycles. The van der Waals surface area contributed by atoms with E-state index in [2.05, 4.69) is 24.0 Å². The molecule has 0 fully saturated rings. The second kappa shape index (κ2) is 18.9. The molecule has 168 valence electrons. The van der Waals surface area contributed by atoms with E-state index in [1.54, 1.807) is 12.3 Å². The third-order valence-corrected chi connectivity index (χ3v) is 5.16. The van der Waals surface area contributed by atoms with Gasteiger partial charge in [-0.2, -0.15) is 5.10 Å². The van der Waals surface area contributed by atoms with Crippen LogP contribution < -0.4 is 10.2 Å². The van der Waals surface area contributed by atoms with Crippen molar-refractivity contribution >= 4 is 12.1 Å². The number of hydrogen-bond donors (Lipinski definition) is 1. The standard InChI is InChI=1S/C26H42N2O2/c1-3-5-6-7-8-9-10-11-12-13-14-15-16-17-26(29)28-27-23-24-18-20-25(21-19-24)30-22-4-2/h4,18-21,23H,2-3,5-17,22H2,1H3,(H,28,29)/b27-23+. The number of rotatable bonds is 19. The van der Waals surface area contributed by atoms with E-state index in [9.17, 15) is 4.79 Å². The molecule has 1 amide bonds. The monoisotopic (exact) mass is 414 g/mol. The summed E-state index contributed by atoms with van der Waals surface area (Å²) in [6.07, 6.45) is 20.9. The molecule has 1 N–H and O–H groups in total. The first-order valence-corrected chi connectivity index (χ1v) is 11.9. The number of hydrazone groups is 1. The summed E-state index contributed by atoms with van der Waals surface area (Å²) >= 11 is 0. The molecular formula is C26H42N2O2. The zero-order valence-corrected chi connectivity index (χ0v) is 19.0. The van der Waals surface area contributed by atoms with Gasteiger partial charge in [0.15, 0.2) is 0 Å². The Hall–Kier alpha value is -2.10. The molecule has 0 radical (unpaired) electrons. The largest absolute Gasteiger partial charge is 0.490 e. The molecule has 0 saturated heterocycles. The van der Waals surface area contributed by atoms with Crippen molar-refractivity contribution in [2.24, 2.45) is 5.10 Å². The van der Waals surface area contributed by atoms with Gasteiger partial charge < -0.3 is 4.74 Å². The van der Waals surface area contributed by atoms with Gasteiger partial charge in [0.05, 0.1) is 6.21 Å². The van der Waals surface area contributed by atoms with E-state index in [0.29, 0.717) is 13.0 Å².